The summed E-state index contributed by atoms with van der Waals surface area (Å²) in [5, 5.41) is 15.6. The number of amidine groups is 1. The monoisotopic (exact) mass is 629 g/mol. The zero-order valence-electron chi connectivity index (χ0n) is 25.1. The van der Waals surface area contributed by atoms with E-state index in [1.54, 1.807) is 51.1 Å². The van der Waals surface area contributed by atoms with Gasteiger partial charge in [0, 0.05) is 24.4 Å². The van der Waals surface area contributed by atoms with Crippen molar-refractivity contribution < 1.29 is 38.3 Å². The molecule has 0 saturated carbocycles. The van der Waals surface area contributed by atoms with E-state index in [1.165, 1.54) is 30.7 Å². The zero-order chi connectivity index (χ0) is 33.2. The molecule has 0 unspecified atom stereocenters. The average Bonchev–Trinajstić information content (AvgIpc) is 3.68. The number of aromatic nitrogens is 2. The van der Waals surface area contributed by atoms with Gasteiger partial charge in [0.1, 0.15) is 12.0 Å². The molecule has 2 heterocycles. The number of phenols is 1. The third-order valence-corrected chi connectivity index (χ3v) is 6.64. The number of phenolic OH excluding ortho intramolecular Hbond substituents is 1. The Hall–Kier alpha value is -6.25. The predicted molar refractivity (Wildman–Crippen MR) is 166 cm³/mol. The Labute approximate surface area is 262 Å². The molecule has 4 rings (SSSR count). The van der Waals surface area contributed by atoms with E-state index in [1.807, 2.05) is 0 Å². The number of imide groups is 1. The maximum atomic E-state index is 13.4. The lowest BCUT2D eigenvalue weighted by molar-refractivity contribution is -0.151. The van der Waals surface area contributed by atoms with Crippen LogP contribution < -0.4 is 11.1 Å². The van der Waals surface area contributed by atoms with E-state index in [2.05, 4.69) is 25.4 Å². The van der Waals surface area contributed by atoms with Gasteiger partial charge in [0.05, 0.1) is 29.7 Å². The van der Waals surface area contributed by atoms with E-state index in [0.717, 1.165) is 16.8 Å². The largest absolute Gasteiger partial charge is 0.508 e. The molecule has 2 aromatic heterocycles. The highest BCUT2D eigenvalue weighted by molar-refractivity contribution is 6.09. The summed E-state index contributed by atoms with van der Waals surface area (Å²) >= 11 is 0. The standard InChI is InChI=1S/C31H31N7O8/c1-4-38(31(43)45-17-44-26(40)13-20-6-9-22(39)10-7-20)30(42)23-15-33-27(19(23)3)28(34-16-32)35-24-14-21(8-5-18(24)2)29(41)36-25-11-12-46-37-25/h5-12,14-16,33,39H,4,13,17H2,1-3H3,(H2,32,34,35)(H,36,37,41). The molecule has 15 nitrogen and oxygen atoms in total. The van der Waals surface area contributed by atoms with Crippen molar-refractivity contribution in [3.8, 4) is 5.75 Å². The minimum atomic E-state index is -1.02. The molecule has 2 aromatic carbocycles. The topological polar surface area (TPSA) is 215 Å². The van der Waals surface area contributed by atoms with E-state index in [0.29, 0.717) is 28.1 Å². The number of anilines is 1. The van der Waals surface area contributed by atoms with Crippen molar-refractivity contribution in [1.82, 2.24) is 15.0 Å². The van der Waals surface area contributed by atoms with Crippen LogP contribution in [0.15, 0.2) is 75.5 Å². The molecule has 4 aromatic rings. The Morgan fingerprint density at radius 2 is 1.87 bits per heavy atom. The van der Waals surface area contributed by atoms with Crippen molar-refractivity contribution in [2.24, 2.45) is 15.7 Å². The number of carbonyl (C=O) groups excluding carboxylic acids is 4. The van der Waals surface area contributed by atoms with Crippen LogP contribution in [0.5, 0.6) is 5.75 Å². The number of carbonyl (C=O) groups is 4. The minimum absolute atomic E-state index is 0.0383. The third-order valence-electron chi connectivity index (χ3n) is 6.64. The van der Waals surface area contributed by atoms with Gasteiger partial charge in [-0.15, -0.1) is 0 Å². The maximum Gasteiger partial charge on any atom is 0.419 e. The predicted octanol–water partition coefficient (Wildman–Crippen LogP) is 3.98. The number of H-pyrrole nitrogens is 1. The highest BCUT2D eigenvalue weighted by Crippen LogP contribution is 2.24. The molecular formula is C31H31N7O8. The number of nitrogens with one attached hydrogen (secondary N) is 2. The molecule has 0 radical (unpaired) electrons. The van der Waals surface area contributed by atoms with E-state index in [9.17, 15) is 24.3 Å². The molecular weight excluding hydrogens is 598 g/mol. The number of esters is 1. The van der Waals surface area contributed by atoms with Crippen LogP contribution in [0.4, 0.5) is 16.3 Å². The van der Waals surface area contributed by atoms with Crippen molar-refractivity contribution in [3.63, 3.8) is 0 Å². The van der Waals surface area contributed by atoms with Crippen molar-refractivity contribution in [2.45, 2.75) is 27.2 Å². The van der Waals surface area contributed by atoms with Gasteiger partial charge in [0.15, 0.2) is 11.7 Å². The second kappa shape index (κ2) is 15.0. The molecule has 0 aliphatic heterocycles. The number of nitrogens with two attached hydrogens (primary N) is 1. The normalized spacial score (nSPS) is 11.3. The van der Waals surface area contributed by atoms with Crippen LogP contribution in [-0.4, -0.2) is 69.5 Å². The molecule has 0 bridgehead atoms. The SMILES string of the molecule is CCN(C(=O)OCOC(=O)Cc1ccc(O)cc1)C(=O)c1c[nH]c(C(N=CN)=Nc2cc(C(=O)Nc3ccon3)ccc2C)c1C. The van der Waals surface area contributed by atoms with Crippen LogP contribution in [0, 0.1) is 13.8 Å². The molecule has 238 valence electrons. The quantitative estimate of drug-likeness (QED) is 0.0856. The van der Waals surface area contributed by atoms with Gasteiger partial charge in [-0.3, -0.25) is 14.4 Å². The van der Waals surface area contributed by atoms with Gasteiger partial charge in [-0.2, -0.15) is 0 Å². The van der Waals surface area contributed by atoms with Crippen molar-refractivity contribution >= 4 is 47.6 Å². The Morgan fingerprint density at radius 3 is 2.54 bits per heavy atom. The summed E-state index contributed by atoms with van der Waals surface area (Å²) in [4.78, 5) is 63.5. The lowest BCUT2D eigenvalue weighted by Crippen LogP contribution is -2.37. The molecule has 46 heavy (non-hydrogen) atoms. The molecule has 0 saturated heterocycles. The molecule has 15 heteroatoms. The summed E-state index contributed by atoms with van der Waals surface area (Å²) in [7, 11) is 0. The summed E-state index contributed by atoms with van der Waals surface area (Å²) in [5.41, 5.74) is 8.53. The number of rotatable bonds is 10. The van der Waals surface area contributed by atoms with Gasteiger partial charge in [-0.25, -0.2) is 19.7 Å². The second-order valence-electron chi connectivity index (χ2n) is 9.69. The van der Waals surface area contributed by atoms with Gasteiger partial charge >= 0.3 is 12.1 Å². The van der Waals surface area contributed by atoms with E-state index < -0.39 is 30.7 Å². The summed E-state index contributed by atoms with van der Waals surface area (Å²) < 4.78 is 14.7. The summed E-state index contributed by atoms with van der Waals surface area (Å²) in [6, 6.07) is 12.4. The van der Waals surface area contributed by atoms with Gasteiger partial charge in [-0.1, -0.05) is 23.4 Å². The van der Waals surface area contributed by atoms with Crippen LogP contribution in [0.2, 0.25) is 0 Å². The molecule has 0 atom stereocenters. The van der Waals surface area contributed by atoms with Gasteiger partial charge in [-0.05, 0) is 61.7 Å². The number of ether oxygens (including phenoxy) is 2. The zero-order valence-corrected chi connectivity index (χ0v) is 25.1. The number of hydrogen-bond acceptors (Lipinski definition) is 10. The number of benzene rings is 2. The Morgan fingerprint density at radius 1 is 1.11 bits per heavy atom. The molecule has 0 spiro atoms. The highest BCUT2D eigenvalue weighted by atomic mass is 16.7. The van der Waals surface area contributed by atoms with Crippen molar-refractivity contribution in [2.75, 3.05) is 18.7 Å². The Bertz CT molecular complexity index is 1780. The minimum Gasteiger partial charge on any atom is -0.508 e. The Balaban J connectivity index is 1.47. The number of aromatic amines is 1. The number of amides is 3. The fourth-order valence-corrected chi connectivity index (χ4v) is 4.18. The fraction of sp³-hybridized carbons (Fsp3) is 0.194. The van der Waals surface area contributed by atoms with Gasteiger partial charge in [0.2, 0.25) is 6.79 Å². The summed E-state index contributed by atoms with van der Waals surface area (Å²) in [5.74, 6) is -1.36. The molecule has 3 amide bonds. The number of aryl methyl sites for hydroxylation is 1. The first-order valence-electron chi connectivity index (χ1n) is 13.9. The molecule has 0 aliphatic rings. The van der Waals surface area contributed by atoms with E-state index >= 15 is 0 Å². The summed E-state index contributed by atoms with van der Waals surface area (Å²) in [6.07, 6.45) is 2.65. The van der Waals surface area contributed by atoms with Crippen LogP contribution in [0.25, 0.3) is 0 Å². The maximum absolute atomic E-state index is 13.4. The first kappa shape index (κ1) is 32.7. The average molecular weight is 630 g/mol. The van der Waals surface area contributed by atoms with Crippen LogP contribution in [0.3, 0.4) is 0 Å². The van der Waals surface area contributed by atoms with Crippen molar-refractivity contribution in [3.05, 3.63) is 94.5 Å². The van der Waals surface area contributed by atoms with Gasteiger partial charge < -0.3 is 35.1 Å². The van der Waals surface area contributed by atoms with Crippen molar-refractivity contribution in [1.29, 1.82) is 0 Å². The lowest BCUT2D eigenvalue weighted by Gasteiger charge is -2.18. The first-order valence-corrected chi connectivity index (χ1v) is 13.9. The van der Waals surface area contributed by atoms with Gasteiger partial charge in [0.25, 0.3) is 11.8 Å². The Kier molecular flexibility index (Phi) is 10.6. The van der Waals surface area contributed by atoms with Crippen LogP contribution >= 0.6 is 0 Å². The molecule has 0 fully saturated rings. The molecule has 0 aliphatic carbocycles. The third kappa shape index (κ3) is 8.02. The number of aliphatic imine (C=N–C) groups is 2. The number of nitrogens with zero attached hydrogens (tertiary/aromatic N) is 4. The van der Waals surface area contributed by atoms with Crippen LogP contribution in [-0.2, 0) is 20.7 Å². The summed E-state index contributed by atoms with van der Waals surface area (Å²) in [6.45, 7) is 4.28. The fourth-order valence-electron chi connectivity index (χ4n) is 4.18. The lowest BCUT2D eigenvalue weighted by atomic mass is 10.1. The van der Waals surface area contributed by atoms with E-state index in [-0.39, 0.29) is 35.9 Å². The number of aromatic hydroxyl groups is 1. The second-order valence-corrected chi connectivity index (χ2v) is 9.69. The number of hydrogen-bond donors (Lipinski definition) is 4. The van der Waals surface area contributed by atoms with Crippen LogP contribution in [0.1, 0.15) is 50.0 Å². The molecule has 5 N–H and O–H groups in total. The van der Waals surface area contributed by atoms with E-state index in [4.69, 9.17) is 19.7 Å². The highest BCUT2D eigenvalue weighted by Gasteiger charge is 2.27. The first-order chi connectivity index (χ1) is 22.1. The smallest absolute Gasteiger partial charge is 0.419 e.